The third kappa shape index (κ3) is 3.18. The van der Waals surface area contributed by atoms with Gasteiger partial charge in [0.25, 0.3) is 0 Å². The van der Waals surface area contributed by atoms with Crippen molar-refractivity contribution in [1.82, 2.24) is 9.80 Å². The second-order valence-electron chi connectivity index (χ2n) is 6.07. The molecule has 1 aromatic carbocycles. The fraction of sp³-hybridized carbons (Fsp3) is 0.500. The molecule has 1 amide bonds. The quantitative estimate of drug-likeness (QED) is 0.849. The first kappa shape index (κ1) is 14.3. The van der Waals surface area contributed by atoms with E-state index < -0.39 is 0 Å². The molecule has 1 aromatic rings. The van der Waals surface area contributed by atoms with Crippen molar-refractivity contribution in [2.45, 2.75) is 38.3 Å². The van der Waals surface area contributed by atoms with Gasteiger partial charge >= 0.3 is 0 Å². The molecular formula is C18H24N2O. The van der Waals surface area contributed by atoms with Crippen LogP contribution < -0.4 is 0 Å². The number of benzene rings is 1. The van der Waals surface area contributed by atoms with Crippen molar-refractivity contribution >= 4 is 12.0 Å². The predicted octanol–water partition coefficient (Wildman–Crippen LogP) is 2.79. The van der Waals surface area contributed by atoms with Gasteiger partial charge in [0.2, 0.25) is 5.91 Å². The second kappa shape index (κ2) is 6.44. The summed E-state index contributed by atoms with van der Waals surface area (Å²) in [6.07, 6.45) is 7.42. The summed E-state index contributed by atoms with van der Waals surface area (Å²) in [6, 6.07) is 11.3. The summed E-state index contributed by atoms with van der Waals surface area (Å²) >= 11 is 0. The van der Waals surface area contributed by atoms with Gasteiger partial charge < -0.3 is 4.90 Å². The van der Waals surface area contributed by atoms with Crippen molar-refractivity contribution in [3.63, 3.8) is 0 Å². The van der Waals surface area contributed by atoms with Crippen molar-refractivity contribution in [2.75, 3.05) is 19.6 Å². The average molecular weight is 284 g/mol. The van der Waals surface area contributed by atoms with Crippen LogP contribution in [0.1, 0.15) is 31.7 Å². The first-order chi connectivity index (χ1) is 10.3. The highest BCUT2D eigenvalue weighted by atomic mass is 16.2. The Labute approximate surface area is 127 Å². The molecule has 112 valence electrons. The monoisotopic (exact) mass is 284 g/mol. The van der Waals surface area contributed by atoms with Crippen LogP contribution in [-0.2, 0) is 4.79 Å². The third-order valence-electron chi connectivity index (χ3n) is 4.62. The van der Waals surface area contributed by atoms with E-state index in [2.05, 4.69) is 46.2 Å². The van der Waals surface area contributed by atoms with Gasteiger partial charge in [-0.3, -0.25) is 9.69 Å². The number of likely N-dealkylation sites (tertiary alicyclic amines) is 1. The SMILES string of the molecule is CCC(=O)N1[C@@H]2CC[C@@H]1CN(C/C=C/c1ccccc1)C2. The average Bonchev–Trinajstić information content (AvgIpc) is 2.78. The van der Waals surface area contributed by atoms with Crippen molar-refractivity contribution in [3.8, 4) is 0 Å². The minimum atomic E-state index is 0.335. The van der Waals surface area contributed by atoms with Gasteiger partial charge in [-0.15, -0.1) is 0 Å². The lowest BCUT2D eigenvalue weighted by atomic mass is 10.1. The molecule has 3 rings (SSSR count). The molecular weight excluding hydrogens is 260 g/mol. The van der Waals surface area contributed by atoms with E-state index in [-0.39, 0.29) is 0 Å². The van der Waals surface area contributed by atoms with E-state index in [1.165, 1.54) is 18.4 Å². The highest BCUT2D eigenvalue weighted by Gasteiger charge is 2.41. The Hall–Kier alpha value is -1.61. The Morgan fingerprint density at radius 1 is 1.19 bits per heavy atom. The van der Waals surface area contributed by atoms with E-state index in [4.69, 9.17) is 0 Å². The van der Waals surface area contributed by atoms with Crippen LogP contribution in [0, 0.1) is 0 Å². The van der Waals surface area contributed by atoms with Gasteiger partial charge in [0, 0.05) is 38.1 Å². The molecule has 2 fully saturated rings. The smallest absolute Gasteiger partial charge is 0.222 e. The van der Waals surface area contributed by atoms with E-state index in [9.17, 15) is 4.79 Å². The normalized spacial score (nSPS) is 25.7. The summed E-state index contributed by atoms with van der Waals surface area (Å²) in [5, 5.41) is 0. The fourth-order valence-electron chi connectivity index (χ4n) is 3.63. The number of rotatable bonds is 4. The minimum Gasteiger partial charge on any atom is -0.334 e. The first-order valence-electron chi connectivity index (χ1n) is 8.03. The molecule has 0 unspecified atom stereocenters. The molecule has 21 heavy (non-hydrogen) atoms. The maximum Gasteiger partial charge on any atom is 0.222 e. The Kier molecular flexibility index (Phi) is 4.39. The van der Waals surface area contributed by atoms with E-state index >= 15 is 0 Å². The standard InChI is InChI=1S/C18H24N2O/c1-2-18(21)20-16-10-11-17(20)14-19(13-16)12-6-9-15-7-4-3-5-8-15/h3-9,16-17H,2,10-14H2,1H3/b9-6+/t16-,17-/m1/s1. The fourth-order valence-corrected chi connectivity index (χ4v) is 3.63. The van der Waals surface area contributed by atoms with Crippen LogP contribution >= 0.6 is 0 Å². The third-order valence-corrected chi connectivity index (χ3v) is 4.62. The van der Waals surface area contributed by atoms with Gasteiger partial charge in [0.15, 0.2) is 0 Å². The molecule has 0 radical (unpaired) electrons. The molecule has 3 nitrogen and oxygen atoms in total. The lowest BCUT2D eigenvalue weighted by Gasteiger charge is -2.40. The predicted molar refractivity (Wildman–Crippen MR) is 85.9 cm³/mol. The van der Waals surface area contributed by atoms with E-state index in [0.29, 0.717) is 24.4 Å². The summed E-state index contributed by atoms with van der Waals surface area (Å²) in [4.78, 5) is 16.7. The van der Waals surface area contributed by atoms with Gasteiger partial charge in [0.1, 0.15) is 0 Å². The minimum absolute atomic E-state index is 0.335. The van der Waals surface area contributed by atoms with Gasteiger partial charge in [-0.1, -0.05) is 49.4 Å². The summed E-state index contributed by atoms with van der Waals surface area (Å²) in [5.41, 5.74) is 1.25. The van der Waals surface area contributed by atoms with Gasteiger partial charge in [-0.05, 0) is 18.4 Å². The van der Waals surface area contributed by atoms with Crippen LogP contribution in [0.15, 0.2) is 36.4 Å². The van der Waals surface area contributed by atoms with Crippen LogP contribution in [0.5, 0.6) is 0 Å². The summed E-state index contributed by atoms with van der Waals surface area (Å²) in [6.45, 7) is 5.01. The van der Waals surface area contributed by atoms with Gasteiger partial charge in [-0.2, -0.15) is 0 Å². The number of piperazine rings is 1. The van der Waals surface area contributed by atoms with E-state index in [1.807, 2.05) is 13.0 Å². The molecule has 0 aliphatic carbocycles. The molecule has 3 heteroatoms. The number of hydrogen-bond acceptors (Lipinski definition) is 2. The highest BCUT2D eigenvalue weighted by molar-refractivity contribution is 5.77. The van der Waals surface area contributed by atoms with E-state index in [1.54, 1.807) is 0 Å². The number of amides is 1. The molecule has 0 N–H and O–H groups in total. The van der Waals surface area contributed by atoms with Crippen molar-refractivity contribution < 1.29 is 4.79 Å². The molecule has 0 spiro atoms. The molecule has 2 bridgehead atoms. The maximum atomic E-state index is 12.0. The topological polar surface area (TPSA) is 23.6 Å². The van der Waals surface area contributed by atoms with Crippen LogP contribution in [0.4, 0.5) is 0 Å². The largest absolute Gasteiger partial charge is 0.334 e. The molecule has 2 aliphatic heterocycles. The van der Waals surface area contributed by atoms with Crippen molar-refractivity contribution in [1.29, 1.82) is 0 Å². The molecule has 2 saturated heterocycles. The molecule has 2 atom stereocenters. The zero-order chi connectivity index (χ0) is 14.7. The van der Waals surface area contributed by atoms with Crippen LogP contribution in [0.3, 0.4) is 0 Å². The number of nitrogens with zero attached hydrogens (tertiary/aromatic N) is 2. The molecule has 2 heterocycles. The zero-order valence-electron chi connectivity index (χ0n) is 12.7. The van der Waals surface area contributed by atoms with Crippen molar-refractivity contribution in [2.24, 2.45) is 0 Å². The summed E-state index contributed by atoms with van der Waals surface area (Å²) < 4.78 is 0. The van der Waals surface area contributed by atoms with Gasteiger partial charge in [-0.25, -0.2) is 0 Å². The Bertz CT molecular complexity index is 497. The van der Waals surface area contributed by atoms with Crippen LogP contribution in [-0.4, -0.2) is 47.4 Å². The first-order valence-corrected chi connectivity index (χ1v) is 8.03. The lowest BCUT2D eigenvalue weighted by Crippen LogP contribution is -2.55. The van der Waals surface area contributed by atoms with Gasteiger partial charge in [0.05, 0.1) is 0 Å². The number of hydrogen-bond donors (Lipinski definition) is 0. The highest BCUT2D eigenvalue weighted by Crippen LogP contribution is 2.30. The van der Waals surface area contributed by atoms with Crippen LogP contribution in [0.2, 0.25) is 0 Å². The number of fused-ring (bicyclic) bond motifs is 2. The Balaban J connectivity index is 1.56. The van der Waals surface area contributed by atoms with Crippen molar-refractivity contribution in [3.05, 3.63) is 42.0 Å². The second-order valence-corrected chi connectivity index (χ2v) is 6.07. The van der Waals surface area contributed by atoms with Crippen LogP contribution in [0.25, 0.3) is 6.08 Å². The van der Waals surface area contributed by atoms with E-state index in [0.717, 1.165) is 19.6 Å². The maximum absolute atomic E-state index is 12.0. The molecule has 2 aliphatic rings. The zero-order valence-corrected chi connectivity index (χ0v) is 12.7. The lowest BCUT2D eigenvalue weighted by molar-refractivity contribution is -0.136. The number of carbonyl (C=O) groups is 1. The summed E-state index contributed by atoms with van der Waals surface area (Å²) in [7, 11) is 0. The summed E-state index contributed by atoms with van der Waals surface area (Å²) in [5.74, 6) is 0.335. The Morgan fingerprint density at radius 3 is 2.48 bits per heavy atom. The molecule has 0 aromatic heterocycles. The molecule has 0 saturated carbocycles. The Morgan fingerprint density at radius 2 is 1.86 bits per heavy atom. The number of carbonyl (C=O) groups excluding carboxylic acids is 1.